The van der Waals surface area contributed by atoms with E-state index in [0.29, 0.717) is 16.3 Å². The molecule has 21 heavy (non-hydrogen) atoms. The summed E-state index contributed by atoms with van der Waals surface area (Å²) in [5.74, 6) is 0.701. The standard InChI is InChI=1S/C16H15ClN2O2/c1-9-6-14-15(20)7-10(2)18-19(14)16(9)12-5-4-11(21-3)8-13(12)17/h4-8,18H,1-3H3. The molecule has 0 aliphatic heterocycles. The number of hydrogen-bond donors (Lipinski definition) is 1. The number of fused-ring (bicyclic) bond motifs is 1. The number of nitrogens with one attached hydrogen (secondary N) is 1. The number of ether oxygens (including phenoxy) is 1. The van der Waals surface area contributed by atoms with Crippen molar-refractivity contribution in [3.63, 3.8) is 0 Å². The number of methoxy groups -OCH3 is 1. The highest BCUT2D eigenvalue weighted by atomic mass is 35.5. The average Bonchev–Trinajstić information content (AvgIpc) is 2.75. The second kappa shape index (κ2) is 4.97. The van der Waals surface area contributed by atoms with E-state index < -0.39 is 0 Å². The molecule has 0 bridgehead atoms. The van der Waals surface area contributed by atoms with Crippen LogP contribution in [0.15, 0.2) is 35.1 Å². The zero-order chi connectivity index (χ0) is 15.1. The number of aromatic amines is 1. The van der Waals surface area contributed by atoms with Gasteiger partial charge in [0.15, 0.2) is 0 Å². The Balaban J connectivity index is 2.35. The van der Waals surface area contributed by atoms with Gasteiger partial charge in [-0.05, 0) is 43.7 Å². The third kappa shape index (κ3) is 2.21. The van der Waals surface area contributed by atoms with E-state index >= 15 is 0 Å². The minimum atomic E-state index is -0.00904. The first-order valence-electron chi connectivity index (χ1n) is 6.57. The fourth-order valence-corrected chi connectivity index (χ4v) is 2.82. The highest BCUT2D eigenvalue weighted by Crippen LogP contribution is 2.33. The van der Waals surface area contributed by atoms with E-state index in [2.05, 4.69) is 5.10 Å². The van der Waals surface area contributed by atoms with E-state index in [4.69, 9.17) is 16.3 Å². The maximum atomic E-state index is 12.1. The summed E-state index contributed by atoms with van der Waals surface area (Å²) in [5, 5.41) is 3.78. The topological polar surface area (TPSA) is 46.5 Å². The fraction of sp³-hybridized carbons (Fsp3) is 0.188. The lowest BCUT2D eigenvalue weighted by Crippen LogP contribution is -2.08. The zero-order valence-corrected chi connectivity index (χ0v) is 12.8. The van der Waals surface area contributed by atoms with Gasteiger partial charge in [0.25, 0.3) is 0 Å². The van der Waals surface area contributed by atoms with Crippen LogP contribution in [0.3, 0.4) is 0 Å². The summed E-state index contributed by atoms with van der Waals surface area (Å²) in [6.07, 6.45) is 0. The normalized spacial score (nSPS) is 11.0. The van der Waals surface area contributed by atoms with E-state index in [1.807, 2.05) is 32.0 Å². The number of H-pyrrole nitrogens is 1. The Morgan fingerprint density at radius 2 is 1.95 bits per heavy atom. The lowest BCUT2D eigenvalue weighted by molar-refractivity contribution is 0.415. The summed E-state index contributed by atoms with van der Waals surface area (Å²) in [4.78, 5) is 12.1. The van der Waals surface area contributed by atoms with E-state index in [9.17, 15) is 4.79 Å². The molecule has 1 aromatic carbocycles. The minimum absolute atomic E-state index is 0.00904. The van der Waals surface area contributed by atoms with Crippen LogP contribution >= 0.6 is 11.6 Å². The molecule has 0 spiro atoms. The van der Waals surface area contributed by atoms with Crippen LogP contribution in [0.2, 0.25) is 5.02 Å². The van der Waals surface area contributed by atoms with Crippen molar-refractivity contribution in [2.24, 2.45) is 0 Å². The summed E-state index contributed by atoms with van der Waals surface area (Å²) in [5.41, 5.74) is 4.13. The van der Waals surface area contributed by atoms with E-state index in [-0.39, 0.29) is 5.43 Å². The van der Waals surface area contributed by atoms with Crippen molar-refractivity contribution in [1.29, 1.82) is 0 Å². The van der Waals surface area contributed by atoms with Crippen LogP contribution in [-0.2, 0) is 0 Å². The number of aromatic nitrogens is 2. The highest BCUT2D eigenvalue weighted by Gasteiger charge is 2.15. The van der Waals surface area contributed by atoms with Crippen molar-refractivity contribution < 1.29 is 4.74 Å². The molecule has 0 atom stereocenters. The molecule has 0 amide bonds. The maximum absolute atomic E-state index is 12.1. The van der Waals surface area contributed by atoms with Gasteiger partial charge in [-0.3, -0.25) is 14.4 Å². The molecule has 0 fully saturated rings. The van der Waals surface area contributed by atoms with Gasteiger partial charge in [-0.15, -0.1) is 0 Å². The van der Waals surface area contributed by atoms with Gasteiger partial charge in [-0.25, -0.2) is 0 Å². The van der Waals surface area contributed by atoms with Crippen molar-refractivity contribution in [1.82, 2.24) is 9.61 Å². The van der Waals surface area contributed by atoms with Crippen LogP contribution < -0.4 is 10.2 Å². The maximum Gasteiger partial charge on any atom is 0.205 e. The summed E-state index contributed by atoms with van der Waals surface area (Å²) in [6.45, 7) is 3.82. The number of hydrogen-bond acceptors (Lipinski definition) is 2. The van der Waals surface area contributed by atoms with Crippen LogP contribution in [0.1, 0.15) is 11.3 Å². The van der Waals surface area contributed by atoms with Crippen LogP contribution in [0, 0.1) is 13.8 Å². The number of halogens is 1. The lowest BCUT2D eigenvalue weighted by Gasteiger charge is -2.09. The molecule has 0 radical (unpaired) electrons. The van der Waals surface area contributed by atoms with Gasteiger partial charge >= 0.3 is 0 Å². The Hall–Kier alpha value is -2.20. The third-order valence-electron chi connectivity index (χ3n) is 3.51. The van der Waals surface area contributed by atoms with Crippen LogP contribution in [-0.4, -0.2) is 16.7 Å². The van der Waals surface area contributed by atoms with Gasteiger partial charge in [0, 0.05) is 17.3 Å². The molecule has 3 aromatic rings. The van der Waals surface area contributed by atoms with Crippen LogP contribution in [0.25, 0.3) is 16.8 Å². The van der Waals surface area contributed by atoms with Gasteiger partial charge in [-0.1, -0.05) is 11.6 Å². The predicted octanol–water partition coefficient (Wildman–Crippen LogP) is 3.57. The molecule has 2 aromatic heterocycles. The van der Waals surface area contributed by atoms with Gasteiger partial charge < -0.3 is 4.74 Å². The highest BCUT2D eigenvalue weighted by molar-refractivity contribution is 6.33. The molecule has 4 nitrogen and oxygen atoms in total. The first-order chi connectivity index (χ1) is 10.0. The van der Waals surface area contributed by atoms with E-state index in [0.717, 1.165) is 22.5 Å². The first kappa shape index (κ1) is 13.8. The molecular weight excluding hydrogens is 288 g/mol. The quantitative estimate of drug-likeness (QED) is 0.786. The number of nitrogens with zero attached hydrogens (tertiary/aromatic N) is 1. The van der Waals surface area contributed by atoms with Crippen LogP contribution in [0.5, 0.6) is 5.75 Å². The summed E-state index contributed by atoms with van der Waals surface area (Å²) in [6, 6.07) is 8.98. The third-order valence-corrected chi connectivity index (χ3v) is 3.82. The molecule has 3 rings (SSSR count). The molecule has 108 valence electrons. The van der Waals surface area contributed by atoms with Crippen molar-refractivity contribution in [2.75, 3.05) is 7.11 Å². The molecule has 0 saturated carbocycles. The first-order valence-corrected chi connectivity index (χ1v) is 6.95. The summed E-state index contributed by atoms with van der Waals surface area (Å²) < 4.78 is 6.97. The van der Waals surface area contributed by atoms with Gasteiger partial charge in [-0.2, -0.15) is 0 Å². The predicted molar refractivity (Wildman–Crippen MR) is 84.5 cm³/mol. The monoisotopic (exact) mass is 302 g/mol. The number of rotatable bonds is 2. The number of benzene rings is 1. The van der Waals surface area contributed by atoms with Crippen molar-refractivity contribution in [2.45, 2.75) is 13.8 Å². The second-order valence-corrected chi connectivity index (χ2v) is 5.45. The zero-order valence-electron chi connectivity index (χ0n) is 12.0. The SMILES string of the molecule is COc1ccc(-c2c(C)cc3c(=O)cc(C)[nH]n23)c(Cl)c1. The average molecular weight is 303 g/mol. The largest absolute Gasteiger partial charge is 0.497 e. The van der Waals surface area contributed by atoms with Gasteiger partial charge in [0.05, 0.1) is 17.8 Å². The molecule has 2 heterocycles. The van der Waals surface area contributed by atoms with Crippen molar-refractivity contribution in [3.8, 4) is 17.0 Å². The summed E-state index contributed by atoms with van der Waals surface area (Å²) in [7, 11) is 1.60. The Morgan fingerprint density at radius 1 is 1.19 bits per heavy atom. The molecule has 1 N–H and O–H groups in total. The molecule has 0 unspecified atom stereocenters. The molecular formula is C16H15ClN2O2. The van der Waals surface area contributed by atoms with Crippen molar-refractivity contribution >= 4 is 17.1 Å². The molecule has 0 aliphatic carbocycles. The Bertz CT molecular complexity index is 893. The van der Waals surface area contributed by atoms with Crippen molar-refractivity contribution in [3.05, 3.63) is 56.8 Å². The second-order valence-electron chi connectivity index (χ2n) is 5.05. The molecule has 0 saturated heterocycles. The smallest absolute Gasteiger partial charge is 0.205 e. The van der Waals surface area contributed by atoms with Crippen LogP contribution in [0.4, 0.5) is 0 Å². The molecule has 5 heteroatoms. The summed E-state index contributed by atoms with van der Waals surface area (Å²) >= 11 is 6.37. The van der Waals surface area contributed by atoms with Gasteiger partial charge in [0.2, 0.25) is 5.43 Å². The fourth-order valence-electron chi connectivity index (χ4n) is 2.56. The Labute approximate surface area is 126 Å². The Morgan fingerprint density at radius 3 is 2.62 bits per heavy atom. The molecule has 0 aliphatic rings. The Kier molecular flexibility index (Phi) is 3.26. The van der Waals surface area contributed by atoms with E-state index in [1.165, 1.54) is 0 Å². The minimum Gasteiger partial charge on any atom is -0.497 e. The lowest BCUT2D eigenvalue weighted by atomic mass is 10.1. The van der Waals surface area contributed by atoms with E-state index in [1.54, 1.807) is 23.8 Å². The number of aryl methyl sites for hydroxylation is 2. The van der Waals surface area contributed by atoms with Gasteiger partial charge in [0.1, 0.15) is 11.3 Å².